The number of aliphatic hydroxyl groups is 1. The molecule has 19 heavy (non-hydrogen) atoms. The van der Waals surface area contributed by atoms with Crippen LogP contribution in [-0.2, 0) is 0 Å². The molecule has 3 heteroatoms. The molecule has 1 aromatic rings. The molecule has 1 aliphatic heterocycles. The molecule has 3 nitrogen and oxygen atoms in total. The first-order valence-corrected chi connectivity index (χ1v) is 7.40. The van der Waals surface area contributed by atoms with Crippen LogP contribution in [0.25, 0.3) is 0 Å². The SMILES string of the molecule is CC[C@H](c1ccccc1)N1CCN(C[C@@H](C)O)CC1. The first-order valence-electron chi connectivity index (χ1n) is 7.40. The van der Waals surface area contributed by atoms with Crippen molar-refractivity contribution in [2.75, 3.05) is 32.7 Å². The number of piperazine rings is 1. The highest BCUT2D eigenvalue weighted by Crippen LogP contribution is 2.25. The Labute approximate surface area is 116 Å². The van der Waals surface area contributed by atoms with Gasteiger partial charge in [0.25, 0.3) is 0 Å². The molecule has 1 fully saturated rings. The van der Waals surface area contributed by atoms with Crippen molar-refractivity contribution in [2.45, 2.75) is 32.4 Å². The number of rotatable bonds is 5. The van der Waals surface area contributed by atoms with Gasteiger partial charge in [0.05, 0.1) is 6.10 Å². The number of hydrogen-bond acceptors (Lipinski definition) is 3. The predicted molar refractivity (Wildman–Crippen MR) is 79.2 cm³/mol. The molecular weight excluding hydrogens is 236 g/mol. The van der Waals surface area contributed by atoms with Gasteiger partial charge in [-0.15, -0.1) is 0 Å². The average Bonchev–Trinajstić information content (AvgIpc) is 2.42. The molecule has 1 aliphatic rings. The molecule has 106 valence electrons. The van der Waals surface area contributed by atoms with Crippen LogP contribution in [0.15, 0.2) is 30.3 Å². The Morgan fingerprint density at radius 1 is 1.11 bits per heavy atom. The summed E-state index contributed by atoms with van der Waals surface area (Å²) in [5.41, 5.74) is 1.42. The minimum Gasteiger partial charge on any atom is -0.392 e. The van der Waals surface area contributed by atoms with E-state index in [0.29, 0.717) is 6.04 Å². The molecule has 0 aromatic heterocycles. The minimum atomic E-state index is -0.220. The van der Waals surface area contributed by atoms with Crippen molar-refractivity contribution in [3.8, 4) is 0 Å². The first-order chi connectivity index (χ1) is 9.20. The standard InChI is InChI=1S/C16H26N2O/c1-3-16(15-7-5-4-6-8-15)18-11-9-17(10-12-18)13-14(2)19/h4-8,14,16,19H,3,9-13H2,1-2H3/t14-,16-/m1/s1. The molecule has 0 radical (unpaired) electrons. The van der Waals surface area contributed by atoms with E-state index in [-0.39, 0.29) is 6.10 Å². The van der Waals surface area contributed by atoms with Gasteiger partial charge in [-0.05, 0) is 18.9 Å². The third kappa shape index (κ3) is 4.03. The van der Waals surface area contributed by atoms with Crippen LogP contribution < -0.4 is 0 Å². The molecule has 2 rings (SSSR count). The second-order valence-electron chi connectivity index (χ2n) is 5.52. The topological polar surface area (TPSA) is 26.7 Å². The Bertz CT molecular complexity index is 358. The normalized spacial score (nSPS) is 21.2. The lowest BCUT2D eigenvalue weighted by atomic mass is 10.0. The molecule has 0 amide bonds. The van der Waals surface area contributed by atoms with E-state index in [1.807, 2.05) is 6.92 Å². The number of benzene rings is 1. The lowest BCUT2D eigenvalue weighted by Gasteiger charge is -2.39. The number of aliphatic hydroxyl groups excluding tert-OH is 1. The summed E-state index contributed by atoms with van der Waals surface area (Å²) in [5, 5.41) is 9.45. The quantitative estimate of drug-likeness (QED) is 0.880. The lowest BCUT2D eigenvalue weighted by molar-refractivity contribution is 0.0608. The van der Waals surface area contributed by atoms with Crippen molar-refractivity contribution in [1.82, 2.24) is 9.80 Å². The Kier molecular flexibility index (Phi) is 5.37. The second kappa shape index (κ2) is 7.04. The highest BCUT2D eigenvalue weighted by atomic mass is 16.3. The average molecular weight is 262 g/mol. The Balaban J connectivity index is 1.92. The zero-order chi connectivity index (χ0) is 13.7. The van der Waals surface area contributed by atoms with Crippen molar-refractivity contribution in [3.63, 3.8) is 0 Å². The van der Waals surface area contributed by atoms with Crippen LogP contribution in [0.3, 0.4) is 0 Å². The fourth-order valence-corrected chi connectivity index (χ4v) is 3.01. The van der Waals surface area contributed by atoms with Crippen LogP contribution in [0.4, 0.5) is 0 Å². The van der Waals surface area contributed by atoms with E-state index < -0.39 is 0 Å². The predicted octanol–water partition coefficient (Wildman–Crippen LogP) is 2.14. The zero-order valence-electron chi connectivity index (χ0n) is 12.1. The summed E-state index contributed by atoms with van der Waals surface area (Å²) in [7, 11) is 0. The fraction of sp³-hybridized carbons (Fsp3) is 0.625. The minimum absolute atomic E-state index is 0.220. The van der Waals surface area contributed by atoms with Gasteiger partial charge < -0.3 is 5.11 Å². The third-order valence-electron chi connectivity index (χ3n) is 3.94. The summed E-state index contributed by atoms with van der Waals surface area (Å²) in [4.78, 5) is 4.94. The van der Waals surface area contributed by atoms with Crippen LogP contribution >= 0.6 is 0 Å². The number of nitrogens with zero attached hydrogens (tertiary/aromatic N) is 2. The van der Waals surface area contributed by atoms with Crippen molar-refractivity contribution in [1.29, 1.82) is 0 Å². The van der Waals surface area contributed by atoms with Gasteiger partial charge in [-0.1, -0.05) is 37.3 Å². The van der Waals surface area contributed by atoms with Gasteiger partial charge in [0.15, 0.2) is 0 Å². The van der Waals surface area contributed by atoms with Gasteiger partial charge >= 0.3 is 0 Å². The van der Waals surface area contributed by atoms with Crippen molar-refractivity contribution in [2.24, 2.45) is 0 Å². The van der Waals surface area contributed by atoms with Crippen LogP contribution in [0, 0.1) is 0 Å². The molecule has 1 heterocycles. The van der Waals surface area contributed by atoms with Crippen molar-refractivity contribution in [3.05, 3.63) is 35.9 Å². The molecule has 0 spiro atoms. The van der Waals surface area contributed by atoms with E-state index >= 15 is 0 Å². The summed E-state index contributed by atoms with van der Waals surface area (Å²) in [6.07, 6.45) is 0.933. The highest BCUT2D eigenvalue weighted by Gasteiger charge is 2.23. The number of hydrogen-bond donors (Lipinski definition) is 1. The van der Waals surface area contributed by atoms with E-state index in [0.717, 1.165) is 39.1 Å². The largest absolute Gasteiger partial charge is 0.392 e. The maximum Gasteiger partial charge on any atom is 0.0639 e. The van der Waals surface area contributed by atoms with Crippen LogP contribution in [0.5, 0.6) is 0 Å². The molecule has 0 unspecified atom stereocenters. The molecule has 2 atom stereocenters. The molecule has 0 aliphatic carbocycles. The third-order valence-corrected chi connectivity index (χ3v) is 3.94. The maximum absolute atomic E-state index is 9.45. The van der Waals surface area contributed by atoms with Crippen LogP contribution in [-0.4, -0.2) is 53.7 Å². The molecule has 0 saturated carbocycles. The van der Waals surface area contributed by atoms with E-state index in [9.17, 15) is 5.11 Å². The summed E-state index contributed by atoms with van der Waals surface area (Å²) in [5.74, 6) is 0. The van der Waals surface area contributed by atoms with Crippen LogP contribution in [0.2, 0.25) is 0 Å². The molecule has 1 saturated heterocycles. The van der Waals surface area contributed by atoms with Gasteiger partial charge in [-0.3, -0.25) is 9.80 Å². The van der Waals surface area contributed by atoms with Gasteiger partial charge in [0, 0.05) is 38.8 Å². The molecule has 0 bridgehead atoms. The number of β-amino-alcohol motifs (C(OH)–C–C–N with tert-alkyl or cyclic N) is 1. The summed E-state index contributed by atoms with van der Waals surface area (Å²) >= 11 is 0. The van der Waals surface area contributed by atoms with Crippen molar-refractivity contribution >= 4 is 0 Å². The fourth-order valence-electron chi connectivity index (χ4n) is 3.01. The van der Waals surface area contributed by atoms with Gasteiger partial charge in [0.2, 0.25) is 0 Å². The van der Waals surface area contributed by atoms with Crippen LogP contribution in [0.1, 0.15) is 31.9 Å². The van der Waals surface area contributed by atoms with E-state index in [2.05, 4.69) is 47.1 Å². The van der Waals surface area contributed by atoms with E-state index in [1.165, 1.54) is 5.56 Å². The maximum atomic E-state index is 9.45. The highest BCUT2D eigenvalue weighted by molar-refractivity contribution is 5.19. The molecule has 1 N–H and O–H groups in total. The van der Waals surface area contributed by atoms with Crippen molar-refractivity contribution < 1.29 is 5.11 Å². The summed E-state index contributed by atoms with van der Waals surface area (Å²) < 4.78 is 0. The second-order valence-corrected chi connectivity index (χ2v) is 5.52. The lowest BCUT2D eigenvalue weighted by Crippen LogP contribution is -2.49. The molecule has 1 aromatic carbocycles. The summed E-state index contributed by atoms with van der Waals surface area (Å²) in [6, 6.07) is 11.3. The smallest absolute Gasteiger partial charge is 0.0639 e. The first kappa shape index (κ1) is 14.5. The molecular formula is C16H26N2O. The Hall–Kier alpha value is -0.900. The van der Waals surface area contributed by atoms with Gasteiger partial charge in [-0.25, -0.2) is 0 Å². The zero-order valence-corrected chi connectivity index (χ0v) is 12.1. The Morgan fingerprint density at radius 3 is 2.26 bits per heavy atom. The monoisotopic (exact) mass is 262 g/mol. The summed E-state index contributed by atoms with van der Waals surface area (Å²) in [6.45, 7) is 9.25. The van der Waals surface area contributed by atoms with E-state index in [1.54, 1.807) is 0 Å². The Morgan fingerprint density at radius 2 is 1.74 bits per heavy atom. The van der Waals surface area contributed by atoms with E-state index in [4.69, 9.17) is 0 Å². The van der Waals surface area contributed by atoms with Gasteiger partial charge in [0.1, 0.15) is 0 Å². The van der Waals surface area contributed by atoms with Gasteiger partial charge in [-0.2, -0.15) is 0 Å².